The van der Waals surface area contributed by atoms with Gasteiger partial charge in [-0.2, -0.15) is 0 Å². The summed E-state index contributed by atoms with van der Waals surface area (Å²) in [5, 5.41) is 2.46. The minimum atomic E-state index is -0.502. The molecule has 1 N–H and O–H groups in total. The van der Waals surface area contributed by atoms with E-state index in [1.54, 1.807) is 6.07 Å². The highest BCUT2D eigenvalue weighted by molar-refractivity contribution is 6.30. The second kappa shape index (κ2) is 4.71. The molecular formula is C11H10ClFN2O2. The number of piperazine rings is 1. The van der Waals surface area contributed by atoms with Gasteiger partial charge in [-0.25, -0.2) is 4.39 Å². The predicted molar refractivity (Wildman–Crippen MR) is 59.8 cm³/mol. The second-order valence-electron chi connectivity index (χ2n) is 3.77. The molecule has 0 saturated carbocycles. The highest BCUT2D eigenvalue weighted by atomic mass is 35.5. The van der Waals surface area contributed by atoms with E-state index >= 15 is 0 Å². The quantitative estimate of drug-likeness (QED) is 0.856. The Labute approximate surface area is 102 Å². The van der Waals surface area contributed by atoms with E-state index in [0.29, 0.717) is 5.56 Å². The van der Waals surface area contributed by atoms with Gasteiger partial charge in [0.25, 0.3) is 0 Å². The molecule has 17 heavy (non-hydrogen) atoms. The fourth-order valence-electron chi connectivity index (χ4n) is 1.61. The maximum atomic E-state index is 12.9. The van der Waals surface area contributed by atoms with Crippen LogP contribution in [-0.4, -0.2) is 29.8 Å². The maximum absolute atomic E-state index is 12.9. The van der Waals surface area contributed by atoms with Gasteiger partial charge in [0.05, 0.1) is 18.1 Å². The molecule has 0 atom stereocenters. The highest BCUT2D eigenvalue weighted by Crippen LogP contribution is 2.17. The molecule has 1 saturated heterocycles. The zero-order valence-electron chi connectivity index (χ0n) is 8.87. The van der Waals surface area contributed by atoms with Crippen molar-refractivity contribution < 1.29 is 14.0 Å². The first-order chi connectivity index (χ1) is 8.06. The summed E-state index contributed by atoms with van der Waals surface area (Å²) in [5.74, 6) is -0.860. The van der Waals surface area contributed by atoms with Crippen molar-refractivity contribution in [2.75, 3.05) is 13.1 Å². The number of rotatable bonds is 2. The van der Waals surface area contributed by atoms with Crippen LogP contribution in [-0.2, 0) is 16.1 Å². The van der Waals surface area contributed by atoms with Gasteiger partial charge in [0, 0.05) is 6.54 Å². The monoisotopic (exact) mass is 256 g/mol. The van der Waals surface area contributed by atoms with E-state index in [4.69, 9.17) is 11.6 Å². The van der Waals surface area contributed by atoms with Crippen LogP contribution in [0.15, 0.2) is 18.2 Å². The third kappa shape index (κ3) is 2.74. The van der Waals surface area contributed by atoms with Crippen LogP contribution in [0.5, 0.6) is 0 Å². The first kappa shape index (κ1) is 11.9. The van der Waals surface area contributed by atoms with Gasteiger partial charge in [-0.15, -0.1) is 0 Å². The fraction of sp³-hybridized carbons (Fsp3) is 0.273. The van der Waals surface area contributed by atoms with Gasteiger partial charge in [0.15, 0.2) is 0 Å². The first-order valence-electron chi connectivity index (χ1n) is 5.04. The number of carbonyl (C=O) groups excluding carboxylic acids is 2. The second-order valence-corrected chi connectivity index (χ2v) is 4.18. The SMILES string of the molecule is O=C1CN(Cc2ccc(F)c(Cl)c2)C(=O)CN1. The first-order valence-corrected chi connectivity index (χ1v) is 5.42. The van der Waals surface area contributed by atoms with Crippen molar-refractivity contribution in [2.24, 2.45) is 0 Å². The van der Waals surface area contributed by atoms with Crippen molar-refractivity contribution >= 4 is 23.4 Å². The van der Waals surface area contributed by atoms with Gasteiger partial charge in [-0.1, -0.05) is 17.7 Å². The average molecular weight is 257 g/mol. The summed E-state index contributed by atoms with van der Waals surface area (Å²) in [6, 6.07) is 4.24. The molecule has 1 aliphatic heterocycles. The standard InChI is InChI=1S/C11H10ClFN2O2/c12-8-3-7(1-2-9(8)13)5-15-6-10(16)14-4-11(15)17/h1-3H,4-6H2,(H,14,16). The molecule has 1 fully saturated rings. The molecular weight excluding hydrogens is 247 g/mol. The van der Waals surface area contributed by atoms with Crippen molar-refractivity contribution in [1.29, 1.82) is 0 Å². The molecule has 0 unspecified atom stereocenters. The van der Waals surface area contributed by atoms with E-state index in [1.807, 2.05) is 0 Å². The number of amides is 2. The Morgan fingerprint density at radius 2 is 2.18 bits per heavy atom. The van der Waals surface area contributed by atoms with Crippen LogP contribution < -0.4 is 5.32 Å². The number of hydrogen-bond acceptors (Lipinski definition) is 2. The smallest absolute Gasteiger partial charge is 0.242 e. The average Bonchev–Trinajstić information content (AvgIpc) is 2.29. The third-order valence-corrected chi connectivity index (χ3v) is 2.77. The van der Waals surface area contributed by atoms with Crippen molar-refractivity contribution in [2.45, 2.75) is 6.54 Å². The van der Waals surface area contributed by atoms with E-state index in [9.17, 15) is 14.0 Å². The summed E-state index contributed by atoms with van der Waals surface area (Å²) < 4.78 is 12.9. The molecule has 2 amide bonds. The molecule has 1 heterocycles. The molecule has 6 heteroatoms. The van der Waals surface area contributed by atoms with Crippen LogP contribution in [0.2, 0.25) is 5.02 Å². The van der Waals surface area contributed by atoms with Gasteiger partial charge in [0.2, 0.25) is 11.8 Å². The lowest BCUT2D eigenvalue weighted by atomic mass is 10.2. The topological polar surface area (TPSA) is 49.4 Å². The van der Waals surface area contributed by atoms with Crippen LogP contribution in [0.4, 0.5) is 4.39 Å². The fourth-order valence-corrected chi connectivity index (χ4v) is 1.81. The van der Waals surface area contributed by atoms with Gasteiger partial charge < -0.3 is 10.2 Å². The van der Waals surface area contributed by atoms with Gasteiger partial charge in [-0.3, -0.25) is 9.59 Å². The molecule has 0 spiro atoms. The molecule has 0 radical (unpaired) electrons. The summed E-state index contributed by atoms with van der Waals surface area (Å²) in [4.78, 5) is 24.0. The van der Waals surface area contributed by atoms with Crippen molar-refractivity contribution in [3.63, 3.8) is 0 Å². The summed E-state index contributed by atoms with van der Waals surface area (Å²) >= 11 is 5.64. The molecule has 1 aliphatic rings. The molecule has 1 aromatic carbocycles. The van der Waals surface area contributed by atoms with E-state index < -0.39 is 5.82 Å². The van der Waals surface area contributed by atoms with Crippen LogP contribution in [0.1, 0.15) is 5.56 Å². The van der Waals surface area contributed by atoms with E-state index in [0.717, 1.165) is 0 Å². The summed E-state index contributed by atoms with van der Waals surface area (Å²) in [6.07, 6.45) is 0. The minimum Gasteiger partial charge on any atom is -0.345 e. The van der Waals surface area contributed by atoms with Crippen LogP contribution in [0.25, 0.3) is 0 Å². The number of carbonyl (C=O) groups is 2. The molecule has 2 rings (SSSR count). The Morgan fingerprint density at radius 3 is 2.88 bits per heavy atom. The maximum Gasteiger partial charge on any atom is 0.242 e. The van der Waals surface area contributed by atoms with Crippen molar-refractivity contribution in [3.05, 3.63) is 34.6 Å². The van der Waals surface area contributed by atoms with Gasteiger partial charge >= 0.3 is 0 Å². The van der Waals surface area contributed by atoms with Crippen molar-refractivity contribution in [1.82, 2.24) is 10.2 Å². The zero-order chi connectivity index (χ0) is 12.4. The Morgan fingerprint density at radius 1 is 1.41 bits per heavy atom. The molecule has 0 aromatic heterocycles. The Kier molecular flexibility index (Phi) is 3.28. The zero-order valence-corrected chi connectivity index (χ0v) is 9.63. The molecule has 90 valence electrons. The lowest BCUT2D eigenvalue weighted by molar-refractivity contribution is -0.141. The number of nitrogens with zero attached hydrogens (tertiary/aromatic N) is 1. The molecule has 0 bridgehead atoms. The van der Waals surface area contributed by atoms with Crippen LogP contribution >= 0.6 is 11.6 Å². The largest absolute Gasteiger partial charge is 0.345 e. The number of hydrogen-bond donors (Lipinski definition) is 1. The number of halogens is 2. The van der Waals surface area contributed by atoms with Crippen LogP contribution in [0.3, 0.4) is 0 Å². The van der Waals surface area contributed by atoms with E-state index in [2.05, 4.69) is 5.32 Å². The normalized spacial score (nSPS) is 16.0. The molecule has 1 aromatic rings. The lowest BCUT2D eigenvalue weighted by Crippen LogP contribution is -2.50. The summed E-state index contributed by atoms with van der Waals surface area (Å²) in [7, 11) is 0. The predicted octanol–water partition coefficient (Wildman–Crippen LogP) is 0.938. The van der Waals surface area contributed by atoms with Gasteiger partial charge in [0.1, 0.15) is 5.82 Å². The van der Waals surface area contributed by atoms with Crippen LogP contribution in [0, 0.1) is 5.82 Å². The Hall–Kier alpha value is -1.62. The third-order valence-electron chi connectivity index (χ3n) is 2.48. The minimum absolute atomic E-state index is 0.00770. The molecule has 0 aliphatic carbocycles. The number of nitrogens with one attached hydrogen (secondary N) is 1. The van der Waals surface area contributed by atoms with Crippen molar-refractivity contribution in [3.8, 4) is 0 Å². The lowest BCUT2D eigenvalue weighted by Gasteiger charge is -2.26. The number of benzene rings is 1. The van der Waals surface area contributed by atoms with E-state index in [1.165, 1.54) is 17.0 Å². The Bertz CT molecular complexity index is 479. The van der Waals surface area contributed by atoms with E-state index in [-0.39, 0.29) is 36.5 Å². The summed E-state index contributed by atoms with van der Waals surface area (Å²) in [6.45, 7) is 0.286. The summed E-state index contributed by atoms with van der Waals surface area (Å²) in [5.41, 5.74) is 0.694. The molecule has 4 nitrogen and oxygen atoms in total. The Balaban J connectivity index is 2.11. The van der Waals surface area contributed by atoms with Gasteiger partial charge in [-0.05, 0) is 17.7 Å². The highest BCUT2D eigenvalue weighted by Gasteiger charge is 2.22.